The first kappa shape index (κ1) is 20.7. The minimum Gasteiger partial charge on any atom is -0.363 e. The largest absolute Gasteiger partial charge is 0.363 e. The van der Waals surface area contributed by atoms with Gasteiger partial charge >= 0.3 is 0 Å². The number of nitro benzene ring substituents is 1. The summed E-state index contributed by atoms with van der Waals surface area (Å²) in [5, 5.41) is 24.1. The molecule has 0 saturated carbocycles. The Labute approximate surface area is 186 Å². The van der Waals surface area contributed by atoms with Gasteiger partial charge in [0.2, 0.25) is 0 Å². The van der Waals surface area contributed by atoms with Gasteiger partial charge in [0.25, 0.3) is 11.6 Å². The predicted molar refractivity (Wildman–Crippen MR) is 115 cm³/mol. The van der Waals surface area contributed by atoms with Crippen LogP contribution in [-0.2, 0) is 5.72 Å². The van der Waals surface area contributed by atoms with E-state index in [4.69, 9.17) is 23.2 Å². The van der Waals surface area contributed by atoms with Gasteiger partial charge in [0.15, 0.2) is 5.72 Å². The number of amides is 1. The van der Waals surface area contributed by atoms with Crippen molar-refractivity contribution in [3.05, 3.63) is 97.5 Å². The Morgan fingerprint density at radius 1 is 1.07 bits per heavy atom. The molecule has 0 fully saturated rings. The lowest BCUT2D eigenvalue weighted by molar-refractivity contribution is -0.387. The van der Waals surface area contributed by atoms with Crippen LogP contribution in [-0.4, -0.2) is 27.9 Å². The molecular formula is C21H14Cl2N2O4S. The van der Waals surface area contributed by atoms with E-state index in [1.807, 2.05) is 0 Å². The molecule has 0 aromatic heterocycles. The highest BCUT2D eigenvalue weighted by Gasteiger charge is 2.48. The lowest BCUT2D eigenvalue weighted by Crippen LogP contribution is -2.41. The fraction of sp³-hybridized carbons (Fsp3) is 0.0952. The molecule has 1 atom stereocenters. The van der Waals surface area contributed by atoms with Crippen LogP contribution in [0.15, 0.2) is 70.5 Å². The molecule has 1 aliphatic heterocycles. The normalized spacial score (nSPS) is 17.9. The van der Waals surface area contributed by atoms with Crippen molar-refractivity contribution < 1.29 is 14.8 Å². The van der Waals surface area contributed by atoms with E-state index in [0.29, 0.717) is 31.0 Å². The highest BCUT2D eigenvalue weighted by Crippen LogP contribution is 2.45. The fourth-order valence-corrected chi connectivity index (χ4v) is 4.90. The van der Waals surface area contributed by atoms with Crippen molar-refractivity contribution in [2.45, 2.75) is 15.5 Å². The summed E-state index contributed by atoms with van der Waals surface area (Å²) >= 11 is 13.2. The van der Waals surface area contributed by atoms with Gasteiger partial charge in [-0.1, -0.05) is 59.2 Å². The van der Waals surface area contributed by atoms with E-state index in [2.05, 4.69) is 0 Å². The van der Waals surface area contributed by atoms with Crippen molar-refractivity contribution in [2.75, 3.05) is 7.05 Å². The molecule has 0 spiro atoms. The Balaban J connectivity index is 1.81. The third-order valence-corrected chi connectivity index (χ3v) is 6.80. The third kappa shape index (κ3) is 3.24. The number of fused-ring (bicyclic) bond motifs is 1. The minimum atomic E-state index is -1.81. The molecule has 1 amide bonds. The fourth-order valence-electron chi connectivity index (χ4n) is 3.47. The number of benzene rings is 3. The van der Waals surface area contributed by atoms with Gasteiger partial charge in [0.05, 0.1) is 14.8 Å². The van der Waals surface area contributed by atoms with E-state index in [1.54, 1.807) is 54.6 Å². The summed E-state index contributed by atoms with van der Waals surface area (Å²) in [6.45, 7) is 0. The zero-order chi connectivity index (χ0) is 21.6. The van der Waals surface area contributed by atoms with Crippen LogP contribution in [0.3, 0.4) is 0 Å². The zero-order valence-electron chi connectivity index (χ0n) is 15.5. The lowest BCUT2D eigenvalue weighted by Gasteiger charge is -2.31. The van der Waals surface area contributed by atoms with E-state index in [-0.39, 0.29) is 17.2 Å². The summed E-state index contributed by atoms with van der Waals surface area (Å²) in [6, 6.07) is 16.0. The molecule has 0 aliphatic carbocycles. The summed E-state index contributed by atoms with van der Waals surface area (Å²) in [5.41, 5.74) is -1.05. The van der Waals surface area contributed by atoms with E-state index >= 15 is 0 Å². The van der Waals surface area contributed by atoms with Crippen molar-refractivity contribution in [1.29, 1.82) is 0 Å². The molecule has 0 radical (unpaired) electrons. The van der Waals surface area contributed by atoms with Crippen LogP contribution in [0.2, 0.25) is 10.0 Å². The van der Waals surface area contributed by atoms with Crippen molar-refractivity contribution in [2.24, 2.45) is 0 Å². The number of rotatable bonds is 4. The van der Waals surface area contributed by atoms with Crippen LogP contribution in [0.4, 0.5) is 5.69 Å². The Bertz CT molecular complexity index is 1200. The molecule has 0 bridgehead atoms. The number of halogens is 2. The van der Waals surface area contributed by atoms with Crippen molar-refractivity contribution in [3.8, 4) is 0 Å². The molecule has 9 heteroatoms. The Morgan fingerprint density at radius 2 is 1.77 bits per heavy atom. The van der Waals surface area contributed by atoms with Gasteiger partial charge in [0, 0.05) is 39.7 Å². The number of carbonyl (C=O) groups is 1. The first-order valence-corrected chi connectivity index (χ1v) is 10.3. The van der Waals surface area contributed by atoms with E-state index in [1.165, 1.54) is 18.0 Å². The average Bonchev–Trinajstić information content (AvgIpc) is 2.92. The van der Waals surface area contributed by atoms with Gasteiger partial charge in [-0.3, -0.25) is 14.9 Å². The third-order valence-electron chi connectivity index (χ3n) is 5.00. The molecule has 30 heavy (non-hydrogen) atoms. The van der Waals surface area contributed by atoms with Crippen LogP contribution in [0.5, 0.6) is 0 Å². The monoisotopic (exact) mass is 460 g/mol. The molecule has 1 heterocycles. The van der Waals surface area contributed by atoms with Crippen molar-refractivity contribution >= 4 is 46.6 Å². The molecule has 3 aromatic rings. The molecule has 4 rings (SSSR count). The Kier molecular flexibility index (Phi) is 5.23. The molecule has 0 saturated heterocycles. The number of nitrogens with zero attached hydrogens (tertiary/aromatic N) is 2. The second kappa shape index (κ2) is 7.59. The van der Waals surface area contributed by atoms with Crippen LogP contribution < -0.4 is 0 Å². The first-order chi connectivity index (χ1) is 14.2. The standard InChI is InChI=1S/C21H14Cl2N2O4S/c1-24-20(26)14-4-2-3-5-15(14)21(24,27)12-6-8-19(17(10-12)25(28)29)30-18-9-7-13(22)11-16(18)23/h2-11,27H,1H3. The molecule has 3 aromatic carbocycles. The van der Waals surface area contributed by atoms with Crippen LogP contribution in [0.1, 0.15) is 21.5 Å². The highest BCUT2D eigenvalue weighted by atomic mass is 35.5. The van der Waals surface area contributed by atoms with Gasteiger partial charge in [-0.15, -0.1) is 0 Å². The number of hydrogen-bond acceptors (Lipinski definition) is 5. The quantitative estimate of drug-likeness (QED) is 0.419. The van der Waals surface area contributed by atoms with E-state index in [9.17, 15) is 20.0 Å². The maximum Gasteiger partial charge on any atom is 0.283 e. The molecule has 6 nitrogen and oxygen atoms in total. The molecule has 1 aliphatic rings. The van der Waals surface area contributed by atoms with Gasteiger partial charge in [0.1, 0.15) is 0 Å². The van der Waals surface area contributed by atoms with Crippen LogP contribution >= 0.6 is 35.0 Å². The first-order valence-electron chi connectivity index (χ1n) is 8.75. The molecule has 152 valence electrons. The van der Waals surface area contributed by atoms with Crippen molar-refractivity contribution in [1.82, 2.24) is 4.90 Å². The summed E-state index contributed by atoms with van der Waals surface area (Å²) in [5.74, 6) is -0.359. The minimum absolute atomic E-state index is 0.206. The van der Waals surface area contributed by atoms with E-state index < -0.39 is 10.6 Å². The summed E-state index contributed by atoms with van der Waals surface area (Å²) < 4.78 is 0. The number of hydrogen-bond donors (Lipinski definition) is 1. The number of nitro groups is 1. The molecule has 1 unspecified atom stereocenters. The predicted octanol–water partition coefficient (Wildman–Crippen LogP) is 5.33. The Morgan fingerprint density at radius 3 is 2.47 bits per heavy atom. The molecule has 1 N–H and O–H groups in total. The van der Waals surface area contributed by atoms with Gasteiger partial charge in [-0.2, -0.15) is 0 Å². The topological polar surface area (TPSA) is 83.7 Å². The maximum atomic E-state index is 12.6. The molecular weight excluding hydrogens is 447 g/mol. The zero-order valence-corrected chi connectivity index (χ0v) is 17.8. The smallest absolute Gasteiger partial charge is 0.283 e. The van der Waals surface area contributed by atoms with Crippen LogP contribution in [0.25, 0.3) is 0 Å². The highest BCUT2D eigenvalue weighted by molar-refractivity contribution is 7.99. The average molecular weight is 461 g/mol. The maximum absolute atomic E-state index is 12.6. The second-order valence-corrected chi connectivity index (χ2v) is 8.63. The Hall–Kier alpha value is -2.58. The van der Waals surface area contributed by atoms with Gasteiger partial charge < -0.3 is 10.0 Å². The SMILES string of the molecule is CN1C(=O)c2ccccc2C1(O)c1ccc(Sc2ccc(Cl)cc2Cl)c([N+](=O)[O-])c1. The second-order valence-electron chi connectivity index (χ2n) is 6.70. The number of aliphatic hydroxyl groups is 1. The summed E-state index contributed by atoms with van der Waals surface area (Å²) in [7, 11) is 1.46. The van der Waals surface area contributed by atoms with E-state index in [0.717, 1.165) is 11.8 Å². The van der Waals surface area contributed by atoms with Crippen molar-refractivity contribution in [3.63, 3.8) is 0 Å². The summed E-state index contributed by atoms with van der Waals surface area (Å²) in [4.78, 5) is 26.0. The van der Waals surface area contributed by atoms with Crippen LogP contribution in [0, 0.1) is 10.1 Å². The summed E-state index contributed by atoms with van der Waals surface area (Å²) in [6.07, 6.45) is 0. The lowest BCUT2D eigenvalue weighted by atomic mass is 9.93. The number of carbonyl (C=O) groups excluding carboxylic acids is 1. The van der Waals surface area contributed by atoms with Gasteiger partial charge in [-0.05, 0) is 30.3 Å². The van der Waals surface area contributed by atoms with Gasteiger partial charge in [-0.25, -0.2) is 0 Å².